The molecule has 9 heteroatoms. The number of halogens is 3. The van der Waals surface area contributed by atoms with Gasteiger partial charge < -0.3 is 15.2 Å². The lowest BCUT2D eigenvalue weighted by atomic mass is 10.4. The molecule has 0 saturated carbocycles. The van der Waals surface area contributed by atoms with Gasteiger partial charge in [0, 0.05) is 0 Å². The molecule has 0 unspecified atom stereocenters. The highest BCUT2D eigenvalue weighted by atomic mass is 32.1. The molecule has 0 atom stereocenters. The number of carboxylic acid groups (broad SMARTS) is 1. The number of ether oxygens (including phenoxy) is 1. The van der Waals surface area contributed by atoms with Crippen molar-refractivity contribution in [1.82, 2.24) is 5.32 Å². The summed E-state index contributed by atoms with van der Waals surface area (Å²) in [5.74, 6) is -2.25. The second-order valence-electron chi connectivity index (χ2n) is 3.10. The maximum atomic E-state index is 11.8. The molecule has 0 radical (unpaired) electrons. The number of aromatic carboxylic acids is 1. The summed E-state index contributed by atoms with van der Waals surface area (Å²) in [7, 11) is 0. The third-order valence-corrected chi connectivity index (χ3v) is 2.55. The fraction of sp³-hybridized carbons (Fsp3) is 0.333. The van der Waals surface area contributed by atoms with E-state index in [1.54, 1.807) is 5.32 Å². The molecule has 100 valence electrons. The summed E-state index contributed by atoms with van der Waals surface area (Å²) in [6, 6.07) is 1.32. The SMILES string of the molecule is O=C(COc1ccsc1C(=O)O)NCC(F)(F)F. The van der Waals surface area contributed by atoms with Gasteiger partial charge in [0.15, 0.2) is 11.5 Å². The Morgan fingerprint density at radius 3 is 2.67 bits per heavy atom. The maximum absolute atomic E-state index is 11.8. The van der Waals surface area contributed by atoms with Crippen molar-refractivity contribution in [3.8, 4) is 5.75 Å². The number of carbonyl (C=O) groups is 2. The Morgan fingerprint density at radius 2 is 2.11 bits per heavy atom. The highest BCUT2D eigenvalue weighted by Gasteiger charge is 2.27. The summed E-state index contributed by atoms with van der Waals surface area (Å²) >= 11 is 0.891. The van der Waals surface area contributed by atoms with Crippen LogP contribution in [0.3, 0.4) is 0 Å². The van der Waals surface area contributed by atoms with Crippen LogP contribution < -0.4 is 10.1 Å². The minimum Gasteiger partial charge on any atom is -0.482 e. The summed E-state index contributed by atoms with van der Waals surface area (Å²) in [6.07, 6.45) is -4.50. The van der Waals surface area contributed by atoms with E-state index in [4.69, 9.17) is 9.84 Å². The molecular formula is C9H8F3NO4S. The minimum absolute atomic E-state index is 0.0466. The average Bonchev–Trinajstić information content (AvgIpc) is 2.70. The van der Waals surface area contributed by atoms with Crippen LogP contribution in [0.5, 0.6) is 5.75 Å². The lowest BCUT2D eigenvalue weighted by molar-refractivity contribution is -0.139. The van der Waals surface area contributed by atoms with E-state index in [0.29, 0.717) is 0 Å². The topological polar surface area (TPSA) is 75.6 Å². The van der Waals surface area contributed by atoms with Crippen molar-refractivity contribution in [1.29, 1.82) is 0 Å². The van der Waals surface area contributed by atoms with Gasteiger partial charge in [0.25, 0.3) is 5.91 Å². The van der Waals surface area contributed by atoms with Crippen LogP contribution in [0.4, 0.5) is 13.2 Å². The standard InChI is InChI=1S/C9H8F3NO4S/c10-9(11,12)4-13-6(14)3-17-5-1-2-18-7(5)8(15)16/h1-2H,3-4H2,(H,13,14)(H,15,16). The first-order valence-corrected chi connectivity index (χ1v) is 5.44. The van der Waals surface area contributed by atoms with Gasteiger partial charge >= 0.3 is 12.1 Å². The van der Waals surface area contributed by atoms with E-state index in [1.165, 1.54) is 11.4 Å². The number of alkyl halides is 3. The number of rotatable bonds is 5. The smallest absolute Gasteiger partial charge is 0.405 e. The molecule has 0 spiro atoms. The van der Waals surface area contributed by atoms with Gasteiger partial charge in [-0.05, 0) is 11.4 Å². The molecule has 1 rings (SSSR count). The minimum atomic E-state index is -4.50. The Hall–Kier alpha value is -1.77. The van der Waals surface area contributed by atoms with Gasteiger partial charge in [-0.1, -0.05) is 0 Å². The summed E-state index contributed by atoms with van der Waals surface area (Å²) in [5, 5.41) is 11.7. The van der Waals surface area contributed by atoms with Crippen molar-refractivity contribution in [3.05, 3.63) is 16.3 Å². The zero-order chi connectivity index (χ0) is 13.8. The molecule has 1 aromatic rings. The third kappa shape index (κ3) is 4.62. The predicted octanol–water partition coefficient (Wildman–Crippen LogP) is 1.50. The molecule has 5 nitrogen and oxygen atoms in total. The number of hydrogen-bond acceptors (Lipinski definition) is 4. The molecule has 18 heavy (non-hydrogen) atoms. The maximum Gasteiger partial charge on any atom is 0.405 e. The van der Waals surface area contributed by atoms with E-state index >= 15 is 0 Å². The van der Waals surface area contributed by atoms with E-state index in [9.17, 15) is 22.8 Å². The molecular weight excluding hydrogens is 275 g/mol. The van der Waals surface area contributed by atoms with Crippen LogP contribution in [0.25, 0.3) is 0 Å². The largest absolute Gasteiger partial charge is 0.482 e. The quantitative estimate of drug-likeness (QED) is 0.858. The van der Waals surface area contributed by atoms with Gasteiger partial charge in [0.2, 0.25) is 0 Å². The van der Waals surface area contributed by atoms with E-state index in [0.717, 1.165) is 11.3 Å². The van der Waals surface area contributed by atoms with Crippen molar-refractivity contribution in [2.45, 2.75) is 6.18 Å². The van der Waals surface area contributed by atoms with Crippen molar-refractivity contribution in [3.63, 3.8) is 0 Å². The Labute approximate surface area is 103 Å². The molecule has 0 fully saturated rings. The van der Waals surface area contributed by atoms with Crippen LogP contribution in [0.1, 0.15) is 9.67 Å². The van der Waals surface area contributed by atoms with Crippen LogP contribution in [0.2, 0.25) is 0 Å². The monoisotopic (exact) mass is 283 g/mol. The molecule has 1 heterocycles. The highest BCUT2D eigenvalue weighted by molar-refractivity contribution is 7.12. The van der Waals surface area contributed by atoms with Gasteiger partial charge in [-0.3, -0.25) is 4.79 Å². The second-order valence-corrected chi connectivity index (χ2v) is 4.02. The molecule has 1 aromatic heterocycles. The van der Waals surface area contributed by atoms with Crippen molar-refractivity contribution in [2.24, 2.45) is 0 Å². The molecule has 0 bridgehead atoms. The van der Waals surface area contributed by atoms with E-state index < -0.39 is 31.2 Å². The fourth-order valence-corrected chi connectivity index (χ4v) is 1.63. The molecule has 0 aliphatic rings. The van der Waals surface area contributed by atoms with Crippen LogP contribution in [0, 0.1) is 0 Å². The average molecular weight is 283 g/mol. The van der Waals surface area contributed by atoms with Crippen LogP contribution in [0.15, 0.2) is 11.4 Å². The zero-order valence-corrected chi connectivity index (χ0v) is 9.60. The van der Waals surface area contributed by atoms with Gasteiger partial charge in [0.1, 0.15) is 12.3 Å². The highest BCUT2D eigenvalue weighted by Crippen LogP contribution is 2.24. The number of carboxylic acids is 1. The molecule has 1 amide bonds. The summed E-state index contributed by atoms with van der Waals surface area (Å²) < 4.78 is 40.1. The Kier molecular flexibility index (Phi) is 4.54. The summed E-state index contributed by atoms with van der Waals surface area (Å²) in [4.78, 5) is 21.5. The van der Waals surface area contributed by atoms with E-state index in [1.807, 2.05) is 0 Å². The zero-order valence-electron chi connectivity index (χ0n) is 8.78. The van der Waals surface area contributed by atoms with Crippen molar-refractivity contribution in [2.75, 3.05) is 13.2 Å². The fourth-order valence-electron chi connectivity index (χ4n) is 0.960. The Balaban J connectivity index is 2.43. The first-order valence-electron chi connectivity index (χ1n) is 4.56. The predicted molar refractivity (Wildman–Crippen MR) is 55.8 cm³/mol. The van der Waals surface area contributed by atoms with Crippen molar-refractivity contribution >= 4 is 23.2 Å². The van der Waals surface area contributed by atoms with Gasteiger partial charge in [-0.25, -0.2) is 4.79 Å². The van der Waals surface area contributed by atoms with E-state index in [2.05, 4.69) is 0 Å². The number of amides is 1. The Bertz CT molecular complexity index is 443. The van der Waals surface area contributed by atoms with E-state index in [-0.39, 0.29) is 10.6 Å². The molecule has 0 aliphatic carbocycles. The van der Waals surface area contributed by atoms with Gasteiger partial charge in [0.05, 0.1) is 0 Å². The molecule has 0 saturated heterocycles. The molecule has 2 N–H and O–H groups in total. The summed E-state index contributed by atoms with van der Waals surface area (Å²) in [5.41, 5.74) is 0. The van der Waals surface area contributed by atoms with Crippen molar-refractivity contribution < 1.29 is 32.6 Å². The van der Waals surface area contributed by atoms with Crippen LogP contribution in [-0.4, -0.2) is 36.3 Å². The van der Waals surface area contributed by atoms with Gasteiger partial charge in [-0.15, -0.1) is 11.3 Å². The Morgan fingerprint density at radius 1 is 1.44 bits per heavy atom. The van der Waals surface area contributed by atoms with Crippen LogP contribution >= 0.6 is 11.3 Å². The lowest BCUT2D eigenvalue weighted by Gasteiger charge is -2.09. The summed E-state index contributed by atoms with van der Waals surface area (Å²) in [6.45, 7) is -2.13. The number of carbonyl (C=O) groups excluding carboxylic acids is 1. The second kappa shape index (κ2) is 5.71. The lowest BCUT2D eigenvalue weighted by Crippen LogP contribution is -2.36. The first kappa shape index (κ1) is 14.3. The molecule has 0 aliphatic heterocycles. The number of nitrogens with one attached hydrogen (secondary N) is 1. The number of thiophene rings is 1. The third-order valence-electron chi connectivity index (χ3n) is 1.67. The molecule has 0 aromatic carbocycles. The normalized spacial score (nSPS) is 11.1. The van der Waals surface area contributed by atoms with Crippen LogP contribution in [-0.2, 0) is 4.79 Å². The number of hydrogen-bond donors (Lipinski definition) is 2. The van der Waals surface area contributed by atoms with Gasteiger partial charge in [-0.2, -0.15) is 13.2 Å². The first-order chi connectivity index (χ1) is 8.29.